The maximum Gasteiger partial charge on any atom is 0.258 e. The molecule has 0 amide bonds. The molecule has 0 aliphatic rings. The van der Waals surface area contributed by atoms with Crippen molar-refractivity contribution in [2.45, 2.75) is 6.42 Å². The molecule has 26 heavy (non-hydrogen) atoms. The lowest BCUT2D eigenvalue weighted by Gasteiger charge is -2.07. The summed E-state index contributed by atoms with van der Waals surface area (Å²) in [6, 6.07) is 14.5. The first-order valence-corrected chi connectivity index (χ1v) is 8.13. The molecule has 5 nitrogen and oxygen atoms in total. The zero-order valence-corrected chi connectivity index (χ0v) is 14.1. The monoisotopic (exact) mass is 349 g/mol. The van der Waals surface area contributed by atoms with Crippen LogP contribution in [0.4, 0.5) is 4.39 Å². The predicted octanol–water partition coefficient (Wildman–Crippen LogP) is 3.45. The summed E-state index contributed by atoms with van der Waals surface area (Å²) < 4.78 is 20.8. The van der Waals surface area contributed by atoms with Crippen LogP contribution in [0.5, 0.6) is 5.75 Å². The average Bonchev–Trinajstić information content (AvgIpc) is 3.16. The molecule has 4 rings (SSSR count). The minimum absolute atomic E-state index is 0.0261. The van der Waals surface area contributed by atoms with Gasteiger partial charge in [0.2, 0.25) is 0 Å². The van der Waals surface area contributed by atoms with E-state index in [0.29, 0.717) is 23.1 Å². The largest absolute Gasteiger partial charge is 0.494 e. The van der Waals surface area contributed by atoms with Crippen molar-refractivity contribution in [1.82, 2.24) is 14.5 Å². The van der Waals surface area contributed by atoms with Crippen molar-refractivity contribution >= 4 is 10.9 Å². The van der Waals surface area contributed by atoms with Gasteiger partial charge in [0.15, 0.2) is 11.6 Å². The van der Waals surface area contributed by atoms with E-state index in [-0.39, 0.29) is 11.3 Å². The number of methoxy groups -OCH3 is 1. The maximum atomic E-state index is 13.9. The summed E-state index contributed by atoms with van der Waals surface area (Å²) in [4.78, 5) is 19.4. The highest BCUT2D eigenvalue weighted by atomic mass is 19.1. The van der Waals surface area contributed by atoms with Crippen LogP contribution in [-0.2, 0) is 6.42 Å². The minimum atomic E-state index is -0.542. The predicted molar refractivity (Wildman–Crippen MR) is 97.4 cm³/mol. The van der Waals surface area contributed by atoms with E-state index < -0.39 is 5.82 Å². The number of hydrogen-bond donors (Lipinski definition) is 1. The molecule has 2 heterocycles. The average molecular weight is 349 g/mol. The van der Waals surface area contributed by atoms with E-state index in [9.17, 15) is 9.18 Å². The Labute approximate surface area is 148 Å². The molecule has 0 saturated heterocycles. The standard InChI is InChI=1S/C20H16FN3O2/c1-26-18-11-15-17(12-16(18)21)22-19(23-20(15)25)10-13-4-6-14(7-5-13)24-8-2-3-9-24/h2-9,11-12H,10H2,1H3,(H,22,23,25). The fourth-order valence-corrected chi connectivity index (χ4v) is 2.92. The third-order valence-corrected chi connectivity index (χ3v) is 4.24. The van der Waals surface area contributed by atoms with Crippen LogP contribution in [0.15, 0.2) is 65.7 Å². The molecule has 2 aromatic heterocycles. The molecule has 2 aromatic carbocycles. The van der Waals surface area contributed by atoms with Crippen LogP contribution < -0.4 is 10.3 Å². The minimum Gasteiger partial charge on any atom is -0.494 e. The van der Waals surface area contributed by atoms with Crippen molar-refractivity contribution in [2.24, 2.45) is 0 Å². The molecule has 4 aromatic rings. The quantitative estimate of drug-likeness (QED) is 0.614. The van der Waals surface area contributed by atoms with Gasteiger partial charge in [-0.3, -0.25) is 4.79 Å². The number of aromatic amines is 1. The van der Waals surface area contributed by atoms with Crippen LogP contribution in [0.25, 0.3) is 16.6 Å². The second kappa shape index (κ2) is 6.48. The van der Waals surface area contributed by atoms with Gasteiger partial charge in [-0.1, -0.05) is 12.1 Å². The lowest BCUT2D eigenvalue weighted by Crippen LogP contribution is -2.12. The fraction of sp³-hybridized carbons (Fsp3) is 0.100. The van der Waals surface area contributed by atoms with Gasteiger partial charge in [-0.05, 0) is 35.9 Å². The third-order valence-electron chi connectivity index (χ3n) is 4.24. The highest BCUT2D eigenvalue weighted by Gasteiger charge is 2.10. The number of benzene rings is 2. The zero-order valence-electron chi connectivity index (χ0n) is 14.1. The van der Waals surface area contributed by atoms with E-state index in [2.05, 4.69) is 9.97 Å². The summed E-state index contributed by atoms with van der Waals surface area (Å²) in [6.07, 6.45) is 4.39. The molecule has 0 unspecified atom stereocenters. The van der Waals surface area contributed by atoms with Crippen LogP contribution in [0.1, 0.15) is 11.4 Å². The Morgan fingerprint density at radius 1 is 1.15 bits per heavy atom. The van der Waals surface area contributed by atoms with Crippen molar-refractivity contribution in [3.8, 4) is 11.4 Å². The van der Waals surface area contributed by atoms with Gasteiger partial charge in [0.05, 0.1) is 18.0 Å². The number of rotatable bonds is 4. The van der Waals surface area contributed by atoms with E-state index in [1.165, 1.54) is 19.2 Å². The summed E-state index contributed by atoms with van der Waals surface area (Å²) in [6.45, 7) is 0. The summed E-state index contributed by atoms with van der Waals surface area (Å²) in [7, 11) is 1.36. The Morgan fingerprint density at radius 3 is 2.58 bits per heavy atom. The molecule has 0 aliphatic carbocycles. The summed E-state index contributed by atoms with van der Waals surface area (Å²) >= 11 is 0. The number of ether oxygens (including phenoxy) is 1. The number of aromatic nitrogens is 3. The molecule has 0 bridgehead atoms. The van der Waals surface area contributed by atoms with Gasteiger partial charge in [0.25, 0.3) is 5.56 Å². The molecule has 0 saturated carbocycles. The van der Waals surface area contributed by atoms with Gasteiger partial charge in [0.1, 0.15) is 5.82 Å². The Hall–Kier alpha value is -3.41. The van der Waals surface area contributed by atoms with E-state index >= 15 is 0 Å². The summed E-state index contributed by atoms with van der Waals surface area (Å²) in [5.74, 6) is -0.0287. The SMILES string of the molecule is COc1cc2c(=O)[nH]c(Cc3ccc(-n4cccc4)cc3)nc2cc1F. The molecule has 0 aliphatic heterocycles. The number of nitrogens with one attached hydrogen (secondary N) is 1. The molecule has 0 radical (unpaired) electrons. The lowest BCUT2D eigenvalue weighted by atomic mass is 10.1. The van der Waals surface area contributed by atoms with Crippen molar-refractivity contribution < 1.29 is 9.13 Å². The van der Waals surface area contributed by atoms with Crippen molar-refractivity contribution in [3.63, 3.8) is 0 Å². The molecule has 0 fully saturated rings. The molecule has 1 N–H and O–H groups in total. The summed E-state index contributed by atoms with van der Waals surface area (Å²) in [5, 5.41) is 0.301. The second-order valence-corrected chi connectivity index (χ2v) is 5.95. The molecule has 6 heteroatoms. The first kappa shape index (κ1) is 16.1. The van der Waals surface area contributed by atoms with Gasteiger partial charge in [-0.25, -0.2) is 9.37 Å². The van der Waals surface area contributed by atoms with Gasteiger partial charge in [-0.2, -0.15) is 0 Å². The smallest absolute Gasteiger partial charge is 0.258 e. The topological polar surface area (TPSA) is 59.9 Å². The van der Waals surface area contributed by atoms with Crippen molar-refractivity contribution in [2.75, 3.05) is 7.11 Å². The maximum absolute atomic E-state index is 13.9. The highest BCUT2D eigenvalue weighted by Crippen LogP contribution is 2.21. The van der Waals surface area contributed by atoms with E-state index in [1.54, 1.807) is 0 Å². The Morgan fingerprint density at radius 2 is 1.88 bits per heavy atom. The third kappa shape index (κ3) is 2.97. The molecule has 130 valence electrons. The van der Waals surface area contributed by atoms with Crippen LogP contribution in [0.2, 0.25) is 0 Å². The Balaban J connectivity index is 1.66. The number of fused-ring (bicyclic) bond motifs is 1. The first-order valence-electron chi connectivity index (χ1n) is 8.13. The van der Waals surface area contributed by atoms with Crippen molar-refractivity contribution in [1.29, 1.82) is 0 Å². The van der Waals surface area contributed by atoms with Crippen LogP contribution in [-0.4, -0.2) is 21.6 Å². The molecule has 0 atom stereocenters. The number of hydrogen-bond acceptors (Lipinski definition) is 3. The highest BCUT2D eigenvalue weighted by molar-refractivity contribution is 5.79. The van der Waals surface area contributed by atoms with Gasteiger partial charge in [-0.15, -0.1) is 0 Å². The summed E-state index contributed by atoms with van der Waals surface area (Å²) in [5.41, 5.74) is 2.04. The fourth-order valence-electron chi connectivity index (χ4n) is 2.92. The molecule has 0 spiro atoms. The second-order valence-electron chi connectivity index (χ2n) is 5.95. The van der Waals surface area contributed by atoms with Crippen LogP contribution in [0.3, 0.4) is 0 Å². The molecular weight excluding hydrogens is 333 g/mol. The van der Waals surface area contributed by atoms with Gasteiger partial charge in [0, 0.05) is 30.6 Å². The number of H-pyrrole nitrogens is 1. The molecular formula is C20H16FN3O2. The zero-order chi connectivity index (χ0) is 18.1. The van der Waals surface area contributed by atoms with Gasteiger partial charge >= 0.3 is 0 Å². The van der Waals surface area contributed by atoms with E-state index in [4.69, 9.17) is 4.74 Å². The van der Waals surface area contributed by atoms with E-state index in [0.717, 1.165) is 11.3 Å². The Kier molecular flexibility index (Phi) is 4.01. The van der Waals surface area contributed by atoms with Crippen LogP contribution >= 0.6 is 0 Å². The van der Waals surface area contributed by atoms with Crippen molar-refractivity contribution in [3.05, 3.63) is 88.5 Å². The van der Waals surface area contributed by atoms with E-state index in [1.807, 2.05) is 53.4 Å². The lowest BCUT2D eigenvalue weighted by molar-refractivity contribution is 0.387. The Bertz CT molecular complexity index is 1120. The number of nitrogens with zero attached hydrogens (tertiary/aromatic N) is 2. The van der Waals surface area contributed by atoms with Gasteiger partial charge < -0.3 is 14.3 Å². The normalized spacial score (nSPS) is 11.0. The van der Waals surface area contributed by atoms with Crippen LogP contribution in [0, 0.1) is 5.82 Å². The number of halogens is 1. The first-order chi connectivity index (χ1) is 12.6.